The third-order valence-electron chi connectivity index (χ3n) is 5.55. The number of fused-ring (bicyclic) bond motifs is 2. The van der Waals surface area contributed by atoms with E-state index in [0.717, 1.165) is 13.0 Å². The third-order valence-corrected chi connectivity index (χ3v) is 5.55. The van der Waals surface area contributed by atoms with Crippen molar-refractivity contribution in [2.45, 2.75) is 31.1 Å². The van der Waals surface area contributed by atoms with Gasteiger partial charge in [0.2, 0.25) is 5.91 Å². The molecule has 0 saturated heterocycles. The van der Waals surface area contributed by atoms with Crippen LogP contribution < -0.4 is 10.6 Å². The van der Waals surface area contributed by atoms with Gasteiger partial charge in [-0.15, -0.1) is 0 Å². The minimum absolute atomic E-state index is 0.0203. The van der Waals surface area contributed by atoms with Gasteiger partial charge in [0.25, 0.3) is 5.91 Å². The van der Waals surface area contributed by atoms with Crippen LogP contribution in [0.3, 0.4) is 0 Å². The van der Waals surface area contributed by atoms with Crippen molar-refractivity contribution in [2.24, 2.45) is 5.92 Å². The van der Waals surface area contributed by atoms with Crippen molar-refractivity contribution in [3.8, 4) is 0 Å². The van der Waals surface area contributed by atoms with Gasteiger partial charge < -0.3 is 15.1 Å². The fraction of sp³-hybridized carbons (Fsp3) is 0.400. The molecule has 130 valence electrons. The van der Waals surface area contributed by atoms with Gasteiger partial charge in [0.1, 0.15) is 0 Å². The van der Waals surface area contributed by atoms with Crippen LogP contribution in [0.1, 0.15) is 40.9 Å². The Hall–Kier alpha value is -2.56. The zero-order valence-corrected chi connectivity index (χ0v) is 14.1. The van der Waals surface area contributed by atoms with Crippen molar-refractivity contribution in [1.82, 2.24) is 10.6 Å². The number of carbonyl (C=O) groups is 2. The van der Waals surface area contributed by atoms with Crippen LogP contribution in [0.5, 0.6) is 0 Å². The number of nitrogens with one attached hydrogen (secondary N) is 2. The van der Waals surface area contributed by atoms with E-state index in [1.54, 1.807) is 12.1 Å². The predicted octanol–water partition coefficient (Wildman–Crippen LogP) is 2.42. The monoisotopic (exact) mass is 338 g/mol. The largest absolute Gasteiger partial charge is 0.459 e. The maximum Gasteiger partial charge on any atom is 0.286 e. The molecular weight excluding hydrogens is 316 g/mol. The number of amides is 2. The Balaban J connectivity index is 1.20. The second-order valence-corrected chi connectivity index (χ2v) is 7.00. The first-order valence-electron chi connectivity index (χ1n) is 8.86. The zero-order valence-electron chi connectivity index (χ0n) is 14.1. The highest BCUT2D eigenvalue weighted by Gasteiger charge is 2.57. The molecule has 2 aliphatic carbocycles. The van der Waals surface area contributed by atoms with Gasteiger partial charge in [0, 0.05) is 24.9 Å². The number of benzene rings is 1. The van der Waals surface area contributed by atoms with E-state index in [9.17, 15) is 9.59 Å². The topological polar surface area (TPSA) is 71.3 Å². The summed E-state index contributed by atoms with van der Waals surface area (Å²) in [7, 11) is 0. The lowest BCUT2D eigenvalue weighted by Gasteiger charge is -2.12. The molecule has 2 amide bonds. The number of rotatable bonds is 6. The molecule has 2 N–H and O–H groups in total. The quantitative estimate of drug-likeness (QED) is 0.850. The highest BCUT2D eigenvalue weighted by Crippen LogP contribution is 2.61. The number of furan rings is 1. The van der Waals surface area contributed by atoms with Crippen LogP contribution in [0.2, 0.25) is 0 Å². The molecule has 2 atom stereocenters. The van der Waals surface area contributed by atoms with E-state index < -0.39 is 0 Å². The normalized spacial score (nSPS) is 23.3. The third kappa shape index (κ3) is 3.06. The first-order chi connectivity index (χ1) is 12.2. The number of hydrogen-bond donors (Lipinski definition) is 2. The number of hydrogen-bond acceptors (Lipinski definition) is 3. The molecule has 0 aliphatic heterocycles. The van der Waals surface area contributed by atoms with Crippen molar-refractivity contribution >= 4 is 11.8 Å². The van der Waals surface area contributed by atoms with Crippen LogP contribution in [0, 0.1) is 5.92 Å². The van der Waals surface area contributed by atoms with Crippen molar-refractivity contribution in [3.63, 3.8) is 0 Å². The van der Waals surface area contributed by atoms with E-state index in [4.69, 9.17) is 4.42 Å². The molecule has 1 aromatic heterocycles. The van der Waals surface area contributed by atoms with Crippen molar-refractivity contribution in [1.29, 1.82) is 0 Å². The fourth-order valence-corrected chi connectivity index (χ4v) is 4.11. The Morgan fingerprint density at radius 2 is 2.04 bits per heavy atom. The summed E-state index contributed by atoms with van der Waals surface area (Å²) in [4.78, 5) is 23.7. The van der Waals surface area contributed by atoms with Crippen LogP contribution >= 0.6 is 0 Å². The summed E-state index contributed by atoms with van der Waals surface area (Å²) in [5.41, 5.74) is 3.26. The molecule has 4 rings (SSSR count). The lowest BCUT2D eigenvalue weighted by atomic mass is 9.95. The highest BCUT2D eigenvalue weighted by atomic mass is 16.3. The van der Waals surface area contributed by atoms with Gasteiger partial charge in [-0.1, -0.05) is 24.3 Å². The molecule has 1 aromatic carbocycles. The first kappa shape index (κ1) is 15.9. The van der Waals surface area contributed by atoms with Crippen LogP contribution in [-0.2, 0) is 16.6 Å². The minimum atomic E-state index is -0.290. The smallest absolute Gasteiger partial charge is 0.286 e. The molecule has 25 heavy (non-hydrogen) atoms. The second-order valence-electron chi connectivity index (χ2n) is 7.00. The molecule has 0 bridgehead atoms. The van der Waals surface area contributed by atoms with Crippen LogP contribution in [0.25, 0.3) is 0 Å². The maximum absolute atomic E-state index is 12.0. The average Bonchev–Trinajstić information content (AvgIpc) is 2.98. The van der Waals surface area contributed by atoms with Gasteiger partial charge >= 0.3 is 0 Å². The Kier molecular flexibility index (Phi) is 4.07. The van der Waals surface area contributed by atoms with Gasteiger partial charge in [-0.2, -0.15) is 0 Å². The van der Waals surface area contributed by atoms with E-state index in [1.165, 1.54) is 30.2 Å². The summed E-state index contributed by atoms with van der Waals surface area (Å²) < 4.78 is 5.01. The van der Waals surface area contributed by atoms with Crippen LogP contribution in [0.4, 0.5) is 0 Å². The van der Waals surface area contributed by atoms with Gasteiger partial charge in [-0.3, -0.25) is 9.59 Å². The SMILES string of the molecule is O=C(CCNC(=O)c1ccco1)NCC1CC12CCc1ccccc12. The summed E-state index contributed by atoms with van der Waals surface area (Å²) in [6, 6.07) is 11.9. The Morgan fingerprint density at radius 1 is 1.16 bits per heavy atom. The second kappa shape index (κ2) is 6.39. The molecule has 2 unspecified atom stereocenters. The van der Waals surface area contributed by atoms with Gasteiger partial charge in [0.15, 0.2) is 5.76 Å². The minimum Gasteiger partial charge on any atom is -0.459 e. The van der Waals surface area contributed by atoms with Crippen molar-refractivity contribution in [3.05, 3.63) is 59.5 Å². The van der Waals surface area contributed by atoms with Gasteiger partial charge in [-0.05, 0) is 48.4 Å². The van der Waals surface area contributed by atoms with E-state index in [-0.39, 0.29) is 24.0 Å². The lowest BCUT2D eigenvalue weighted by molar-refractivity contribution is -0.121. The number of aryl methyl sites for hydroxylation is 1. The van der Waals surface area contributed by atoms with Crippen LogP contribution in [0.15, 0.2) is 47.1 Å². The summed E-state index contributed by atoms with van der Waals surface area (Å²) in [6.45, 7) is 1.03. The highest BCUT2D eigenvalue weighted by molar-refractivity contribution is 5.91. The Labute approximate surface area is 146 Å². The standard InChI is InChI=1S/C20H22N2O3/c23-18(8-10-21-19(24)17-6-3-11-25-17)22-13-15-12-20(15)9-7-14-4-1-2-5-16(14)20/h1-6,11,15H,7-10,12-13H2,(H,21,24)(H,22,23). The first-order valence-corrected chi connectivity index (χ1v) is 8.86. The summed E-state index contributed by atoms with van der Waals surface area (Å²) in [5, 5.41) is 5.71. The molecule has 2 aromatic rings. The number of carbonyl (C=O) groups excluding carboxylic acids is 2. The predicted molar refractivity (Wildman–Crippen MR) is 93.2 cm³/mol. The molecule has 1 saturated carbocycles. The Bertz CT molecular complexity index is 784. The summed E-state index contributed by atoms with van der Waals surface area (Å²) in [6.07, 6.45) is 5.25. The molecule has 5 heteroatoms. The molecule has 1 spiro atoms. The van der Waals surface area contributed by atoms with E-state index in [1.807, 2.05) is 0 Å². The average molecular weight is 338 g/mol. The van der Waals surface area contributed by atoms with Crippen molar-refractivity contribution < 1.29 is 14.0 Å². The molecule has 1 heterocycles. The summed E-state index contributed by atoms with van der Waals surface area (Å²) in [5.74, 6) is 0.493. The van der Waals surface area contributed by atoms with Gasteiger partial charge in [-0.25, -0.2) is 0 Å². The molecular formula is C20H22N2O3. The molecule has 5 nitrogen and oxygen atoms in total. The Morgan fingerprint density at radius 3 is 2.88 bits per heavy atom. The fourth-order valence-electron chi connectivity index (χ4n) is 4.11. The van der Waals surface area contributed by atoms with E-state index >= 15 is 0 Å². The lowest BCUT2D eigenvalue weighted by Crippen LogP contribution is -2.32. The molecule has 0 radical (unpaired) electrons. The van der Waals surface area contributed by atoms with Gasteiger partial charge in [0.05, 0.1) is 6.26 Å². The van der Waals surface area contributed by atoms with E-state index in [2.05, 4.69) is 34.9 Å². The molecule has 2 aliphatic rings. The van der Waals surface area contributed by atoms with E-state index in [0.29, 0.717) is 17.9 Å². The molecule has 1 fully saturated rings. The summed E-state index contributed by atoms with van der Waals surface area (Å²) >= 11 is 0. The zero-order chi connectivity index (χ0) is 17.3. The van der Waals surface area contributed by atoms with Crippen LogP contribution in [-0.4, -0.2) is 24.9 Å². The van der Waals surface area contributed by atoms with Crippen molar-refractivity contribution in [2.75, 3.05) is 13.1 Å². The maximum atomic E-state index is 12.0.